The second-order valence-electron chi connectivity index (χ2n) is 10.2. The topological polar surface area (TPSA) is 107 Å². The number of aliphatic hydroxyl groups excluding tert-OH is 1. The van der Waals surface area contributed by atoms with Gasteiger partial charge in [0, 0.05) is 36.8 Å². The van der Waals surface area contributed by atoms with E-state index >= 15 is 0 Å². The Morgan fingerprint density at radius 2 is 1.86 bits per heavy atom. The van der Waals surface area contributed by atoms with Crippen LogP contribution in [0.2, 0.25) is 0 Å². The monoisotopic (exact) mass is 578 g/mol. The van der Waals surface area contributed by atoms with E-state index in [2.05, 4.69) is 21.1 Å². The molecule has 1 fully saturated rings. The molecule has 1 aliphatic rings. The van der Waals surface area contributed by atoms with Gasteiger partial charge < -0.3 is 14.7 Å². The van der Waals surface area contributed by atoms with Crippen molar-refractivity contribution in [2.75, 3.05) is 33.4 Å². The van der Waals surface area contributed by atoms with E-state index in [0.717, 1.165) is 11.8 Å². The second-order valence-corrected chi connectivity index (χ2v) is 10.2. The van der Waals surface area contributed by atoms with Gasteiger partial charge in [0.1, 0.15) is 11.3 Å². The fourth-order valence-electron chi connectivity index (χ4n) is 5.52. The Balaban J connectivity index is 1.47. The van der Waals surface area contributed by atoms with Crippen molar-refractivity contribution in [2.45, 2.75) is 32.1 Å². The number of nitriles is 1. The van der Waals surface area contributed by atoms with Gasteiger partial charge in [-0.25, -0.2) is 9.50 Å². The van der Waals surface area contributed by atoms with Gasteiger partial charge in [0.2, 0.25) is 0 Å². The third-order valence-corrected chi connectivity index (χ3v) is 7.70. The Morgan fingerprint density at radius 3 is 2.43 bits per heavy atom. The van der Waals surface area contributed by atoms with E-state index in [-0.39, 0.29) is 47.7 Å². The standard InChI is InChI=1S/C30H29F3N6O3/c1-18-16-37(25(17-40)21-6-4-20(14-34)5-7-21)12-13-38(18)29(41)24-15-35-39-27(30(31,32)33)19(2)26(36-28(24)39)22-8-10-23(42-3)11-9-22/h4-11,15,18,25,40H,12-13,16-17H2,1-3H3/t18-,25+/m1/s1. The first-order valence-corrected chi connectivity index (χ1v) is 13.3. The number of ether oxygens (including phenoxy) is 1. The van der Waals surface area contributed by atoms with Crippen molar-refractivity contribution in [3.8, 4) is 23.1 Å². The van der Waals surface area contributed by atoms with Crippen LogP contribution in [-0.2, 0) is 6.18 Å². The maximum atomic E-state index is 14.3. The largest absolute Gasteiger partial charge is 0.497 e. The molecule has 0 bridgehead atoms. The van der Waals surface area contributed by atoms with Crippen molar-refractivity contribution < 1.29 is 27.8 Å². The summed E-state index contributed by atoms with van der Waals surface area (Å²) in [5.74, 6) is 0.0747. The lowest BCUT2D eigenvalue weighted by Crippen LogP contribution is -2.55. The van der Waals surface area contributed by atoms with Crippen molar-refractivity contribution >= 4 is 11.6 Å². The Morgan fingerprint density at radius 1 is 1.17 bits per heavy atom. The van der Waals surface area contributed by atoms with E-state index in [4.69, 9.17) is 10.00 Å². The van der Waals surface area contributed by atoms with Gasteiger partial charge in [-0.15, -0.1) is 0 Å². The third-order valence-electron chi connectivity index (χ3n) is 7.70. The number of halogens is 3. The Kier molecular flexibility index (Phi) is 7.90. The molecule has 12 heteroatoms. The van der Waals surface area contributed by atoms with Gasteiger partial charge in [-0.1, -0.05) is 12.1 Å². The predicted octanol–water partition coefficient (Wildman–Crippen LogP) is 4.48. The van der Waals surface area contributed by atoms with Crippen LogP contribution >= 0.6 is 0 Å². The predicted molar refractivity (Wildman–Crippen MR) is 148 cm³/mol. The fourth-order valence-corrected chi connectivity index (χ4v) is 5.52. The molecule has 1 N–H and O–H groups in total. The van der Waals surface area contributed by atoms with Gasteiger partial charge in [0.15, 0.2) is 11.3 Å². The molecule has 2 aromatic heterocycles. The van der Waals surface area contributed by atoms with Crippen molar-refractivity contribution in [1.82, 2.24) is 24.4 Å². The number of nitrogens with zero attached hydrogens (tertiary/aromatic N) is 6. The van der Waals surface area contributed by atoms with Crippen LogP contribution in [0.15, 0.2) is 54.7 Å². The van der Waals surface area contributed by atoms with Crippen LogP contribution in [0.1, 0.15) is 45.7 Å². The summed E-state index contributed by atoms with van der Waals surface area (Å²) in [7, 11) is 1.49. The molecule has 1 amide bonds. The van der Waals surface area contributed by atoms with Crippen LogP contribution in [-0.4, -0.2) is 74.8 Å². The van der Waals surface area contributed by atoms with Gasteiger partial charge in [0.05, 0.1) is 43.3 Å². The molecule has 4 aromatic rings. The van der Waals surface area contributed by atoms with E-state index in [1.165, 1.54) is 14.0 Å². The van der Waals surface area contributed by atoms with Gasteiger partial charge in [-0.2, -0.15) is 23.5 Å². The first-order chi connectivity index (χ1) is 20.1. The van der Waals surface area contributed by atoms with Crippen molar-refractivity contribution in [3.63, 3.8) is 0 Å². The van der Waals surface area contributed by atoms with Gasteiger partial charge in [0.25, 0.3) is 5.91 Å². The normalized spacial score (nSPS) is 16.8. The number of methoxy groups -OCH3 is 1. The van der Waals surface area contributed by atoms with Gasteiger partial charge >= 0.3 is 6.18 Å². The molecule has 218 valence electrons. The minimum absolute atomic E-state index is 0.0265. The number of carbonyl (C=O) groups is 1. The molecule has 2 atom stereocenters. The number of amides is 1. The highest BCUT2D eigenvalue weighted by Gasteiger charge is 2.39. The molecule has 0 saturated carbocycles. The van der Waals surface area contributed by atoms with Crippen LogP contribution in [0.4, 0.5) is 13.2 Å². The summed E-state index contributed by atoms with van der Waals surface area (Å²) in [5, 5.41) is 23.2. The number of aliphatic hydroxyl groups is 1. The molecule has 1 saturated heterocycles. The molecule has 2 aromatic carbocycles. The van der Waals surface area contributed by atoms with Gasteiger partial charge in [-0.05, 0) is 55.8 Å². The summed E-state index contributed by atoms with van der Waals surface area (Å²) < 4.78 is 48.8. The summed E-state index contributed by atoms with van der Waals surface area (Å²) in [6, 6.07) is 14.9. The lowest BCUT2D eigenvalue weighted by atomic mass is 10.0. The highest BCUT2D eigenvalue weighted by Crippen LogP contribution is 2.37. The number of aromatic nitrogens is 3. The van der Waals surface area contributed by atoms with E-state index in [1.807, 2.05) is 6.92 Å². The third kappa shape index (κ3) is 5.29. The molecule has 0 unspecified atom stereocenters. The molecule has 0 radical (unpaired) electrons. The average molecular weight is 579 g/mol. The van der Waals surface area contributed by atoms with Crippen LogP contribution in [0.25, 0.3) is 16.9 Å². The number of hydrogen-bond donors (Lipinski definition) is 1. The van der Waals surface area contributed by atoms with E-state index in [0.29, 0.717) is 34.5 Å². The van der Waals surface area contributed by atoms with Gasteiger partial charge in [-0.3, -0.25) is 9.69 Å². The number of benzene rings is 2. The zero-order valence-corrected chi connectivity index (χ0v) is 23.3. The first kappa shape index (κ1) is 29.0. The Labute approximate surface area is 240 Å². The second kappa shape index (κ2) is 11.4. The number of piperazine rings is 1. The fraction of sp³-hybridized carbons (Fsp3) is 0.333. The quantitative estimate of drug-likeness (QED) is 0.360. The van der Waals surface area contributed by atoms with Crippen molar-refractivity contribution in [2.24, 2.45) is 0 Å². The highest BCUT2D eigenvalue weighted by atomic mass is 19.4. The molecule has 9 nitrogen and oxygen atoms in total. The molecule has 5 rings (SSSR count). The number of alkyl halides is 3. The summed E-state index contributed by atoms with van der Waals surface area (Å²) in [6.07, 6.45) is -3.61. The average Bonchev–Trinajstić information content (AvgIpc) is 3.40. The smallest absolute Gasteiger partial charge is 0.433 e. The number of fused-ring (bicyclic) bond motifs is 1. The van der Waals surface area contributed by atoms with Crippen molar-refractivity contribution in [3.05, 3.63) is 82.7 Å². The van der Waals surface area contributed by atoms with E-state index in [1.54, 1.807) is 53.4 Å². The van der Waals surface area contributed by atoms with E-state index in [9.17, 15) is 23.1 Å². The molecule has 42 heavy (non-hydrogen) atoms. The van der Waals surface area contributed by atoms with Crippen LogP contribution < -0.4 is 4.74 Å². The van der Waals surface area contributed by atoms with Crippen LogP contribution in [0.3, 0.4) is 0 Å². The zero-order chi connectivity index (χ0) is 30.2. The SMILES string of the molecule is COc1ccc(-c2nc3c(C(=O)N4CCN([C@@H](CO)c5ccc(C#N)cc5)C[C@H]4C)cnn3c(C(F)(F)F)c2C)cc1. The molecular formula is C30H29F3N6O3. The summed E-state index contributed by atoms with van der Waals surface area (Å²) in [4.78, 5) is 22.0. The van der Waals surface area contributed by atoms with E-state index < -0.39 is 17.8 Å². The van der Waals surface area contributed by atoms with Crippen LogP contribution in [0.5, 0.6) is 5.75 Å². The molecule has 3 heterocycles. The Hall–Kier alpha value is -4.47. The zero-order valence-electron chi connectivity index (χ0n) is 23.3. The lowest BCUT2D eigenvalue weighted by Gasteiger charge is -2.43. The first-order valence-electron chi connectivity index (χ1n) is 13.3. The Bertz CT molecular complexity index is 1640. The van der Waals surface area contributed by atoms with Crippen molar-refractivity contribution in [1.29, 1.82) is 5.26 Å². The maximum Gasteiger partial charge on any atom is 0.433 e. The number of hydrogen-bond acceptors (Lipinski definition) is 7. The summed E-state index contributed by atoms with van der Waals surface area (Å²) in [5.41, 5.74) is 0.589. The number of carbonyl (C=O) groups excluding carboxylic acids is 1. The maximum absolute atomic E-state index is 14.3. The highest BCUT2D eigenvalue weighted by molar-refractivity contribution is 6.00. The summed E-state index contributed by atoms with van der Waals surface area (Å²) >= 11 is 0. The molecular weight excluding hydrogens is 549 g/mol. The summed E-state index contributed by atoms with van der Waals surface area (Å²) in [6.45, 7) is 4.17. The minimum Gasteiger partial charge on any atom is -0.497 e. The van der Waals surface area contributed by atoms with Crippen LogP contribution in [0, 0.1) is 18.3 Å². The molecule has 1 aliphatic heterocycles. The minimum atomic E-state index is -4.75. The number of rotatable bonds is 6. The molecule has 0 spiro atoms. The lowest BCUT2D eigenvalue weighted by molar-refractivity contribution is -0.143. The molecule has 0 aliphatic carbocycles.